The Bertz CT molecular complexity index is 1270. The fourth-order valence-electron chi connectivity index (χ4n) is 3.24. The Morgan fingerprint density at radius 3 is 2.73 bits per heavy atom. The Morgan fingerprint density at radius 1 is 1.18 bits per heavy atom. The third-order valence-electron chi connectivity index (χ3n) is 4.94. The fraction of sp³-hybridized carbons (Fsp3) is 0.273. The lowest BCUT2D eigenvalue weighted by molar-refractivity contribution is -0.116. The van der Waals surface area contributed by atoms with E-state index < -0.39 is 10.0 Å². The SMILES string of the molecule is COc1ccc(-c2noc(CCC(=O)Nc3cccc(S(=O)(=O)NC4=NCCC4)c3)n2)cc1. The molecule has 0 bridgehead atoms. The molecule has 0 spiro atoms. The van der Waals surface area contributed by atoms with E-state index in [0.29, 0.717) is 36.2 Å². The van der Waals surface area contributed by atoms with E-state index in [1.54, 1.807) is 31.4 Å². The second-order valence-electron chi connectivity index (χ2n) is 7.35. The number of benzene rings is 2. The van der Waals surface area contributed by atoms with E-state index >= 15 is 0 Å². The van der Waals surface area contributed by atoms with Crippen LogP contribution in [0.4, 0.5) is 5.69 Å². The number of amides is 1. The van der Waals surface area contributed by atoms with Crippen molar-refractivity contribution in [3.63, 3.8) is 0 Å². The molecule has 11 heteroatoms. The van der Waals surface area contributed by atoms with Crippen LogP contribution in [0.2, 0.25) is 0 Å². The van der Waals surface area contributed by atoms with Gasteiger partial charge in [0.15, 0.2) is 0 Å². The zero-order chi connectivity index (χ0) is 23.3. The number of hydrogen-bond donors (Lipinski definition) is 2. The number of carbonyl (C=O) groups is 1. The minimum absolute atomic E-state index is 0.0518. The molecule has 2 aromatic carbocycles. The number of carbonyl (C=O) groups excluding carboxylic acids is 1. The highest BCUT2D eigenvalue weighted by molar-refractivity contribution is 7.90. The molecule has 0 saturated carbocycles. The first-order valence-electron chi connectivity index (χ1n) is 10.4. The highest BCUT2D eigenvalue weighted by atomic mass is 32.2. The molecule has 1 aliphatic rings. The Morgan fingerprint density at radius 2 is 2.00 bits per heavy atom. The lowest BCUT2D eigenvalue weighted by Crippen LogP contribution is -2.29. The third kappa shape index (κ3) is 5.75. The number of sulfonamides is 1. The van der Waals surface area contributed by atoms with Gasteiger partial charge in [0.05, 0.1) is 12.0 Å². The van der Waals surface area contributed by atoms with Crippen molar-refractivity contribution in [2.75, 3.05) is 19.0 Å². The van der Waals surface area contributed by atoms with Crippen LogP contribution >= 0.6 is 0 Å². The van der Waals surface area contributed by atoms with Gasteiger partial charge in [0.2, 0.25) is 17.6 Å². The molecule has 0 fully saturated rings. The largest absolute Gasteiger partial charge is 0.497 e. The summed E-state index contributed by atoms with van der Waals surface area (Å²) in [4.78, 5) is 20.9. The fourth-order valence-corrected chi connectivity index (χ4v) is 4.37. The van der Waals surface area contributed by atoms with Gasteiger partial charge in [0.1, 0.15) is 11.6 Å². The molecular weight excluding hydrogens is 446 g/mol. The number of aliphatic imine (C=N–C) groups is 1. The van der Waals surface area contributed by atoms with E-state index in [0.717, 1.165) is 17.7 Å². The number of nitrogens with one attached hydrogen (secondary N) is 2. The minimum Gasteiger partial charge on any atom is -0.497 e. The second-order valence-corrected chi connectivity index (χ2v) is 9.04. The van der Waals surface area contributed by atoms with Crippen molar-refractivity contribution in [3.8, 4) is 17.1 Å². The normalized spacial score (nSPS) is 13.4. The van der Waals surface area contributed by atoms with Gasteiger partial charge < -0.3 is 14.6 Å². The molecule has 4 rings (SSSR count). The molecule has 3 aromatic rings. The zero-order valence-corrected chi connectivity index (χ0v) is 18.8. The summed E-state index contributed by atoms with van der Waals surface area (Å²) in [5.74, 6) is 1.62. The average Bonchev–Trinajstić information content (AvgIpc) is 3.50. The molecule has 1 aromatic heterocycles. The highest BCUT2D eigenvalue weighted by Crippen LogP contribution is 2.20. The van der Waals surface area contributed by atoms with Crippen LogP contribution in [0, 0.1) is 0 Å². The lowest BCUT2D eigenvalue weighted by atomic mass is 10.2. The summed E-state index contributed by atoms with van der Waals surface area (Å²) in [6.07, 6.45) is 1.77. The van der Waals surface area contributed by atoms with E-state index in [9.17, 15) is 13.2 Å². The molecule has 2 N–H and O–H groups in total. The molecule has 2 heterocycles. The standard InChI is InChI=1S/C22H23N5O5S/c1-31-17-9-7-15(8-10-17)22-25-21(32-26-22)12-11-20(28)24-16-4-2-5-18(14-16)33(29,30)27-19-6-3-13-23-19/h2,4-5,7-10,14H,3,6,11-13H2,1H3,(H,23,27)(H,24,28). The van der Waals surface area contributed by atoms with E-state index in [2.05, 4.69) is 25.2 Å². The topological polar surface area (TPSA) is 136 Å². The summed E-state index contributed by atoms with van der Waals surface area (Å²) in [6.45, 7) is 0.621. The zero-order valence-electron chi connectivity index (χ0n) is 17.9. The molecule has 10 nitrogen and oxygen atoms in total. The Labute approximate surface area is 191 Å². The van der Waals surface area contributed by atoms with Crippen molar-refractivity contribution >= 4 is 27.5 Å². The first kappa shape index (κ1) is 22.5. The average molecular weight is 470 g/mol. The van der Waals surface area contributed by atoms with Gasteiger partial charge >= 0.3 is 0 Å². The summed E-state index contributed by atoms with van der Waals surface area (Å²) in [6, 6.07) is 13.3. The van der Waals surface area contributed by atoms with E-state index in [-0.39, 0.29) is 23.6 Å². The maximum absolute atomic E-state index is 12.6. The Balaban J connectivity index is 1.34. The van der Waals surface area contributed by atoms with Gasteiger partial charge in [-0.25, -0.2) is 8.42 Å². The van der Waals surface area contributed by atoms with Gasteiger partial charge in [-0.1, -0.05) is 11.2 Å². The van der Waals surface area contributed by atoms with Crippen molar-refractivity contribution < 1.29 is 22.5 Å². The number of amidine groups is 1. The van der Waals surface area contributed by atoms with Crippen LogP contribution in [0.5, 0.6) is 5.75 Å². The first-order chi connectivity index (χ1) is 15.9. The van der Waals surface area contributed by atoms with Crippen LogP contribution in [0.3, 0.4) is 0 Å². The van der Waals surface area contributed by atoms with Crippen LogP contribution < -0.4 is 14.8 Å². The van der Waals surface area contributed by atoms with Gasteiger partial charge in [-0.05, 0) is 48.9 Å². The molecule has 1 aliphatic heterocycles. The van der Waals surface area contributed by atoms with Gasteiger partial charge in [-0.2, -0.15) is 4.98 Å². The smallest absolute Gasteiger partial charge is 0.262 e. The number of ether oxygens (including phenoxy) is 1. The molecule has 33 heavy (non-hydrogen) atoms. The van der Waals surface area contributed by atoms with Crippen molar-refractivity contribution in [1.29, 1.82) is 0 Å². The van der Waals surface area contributed by atoms with Gasteiger partial charge in [-0.3, -0.25) is 14.5 Å². The van der Waals surface area contributed by atoms with Crippen LogP contribution in [-0.4, -0.2) is 44.0 Å². The van der Waals surface area contributed by atoms with E-state index in [4.69, 9.17) is 9.26 Å². The number of rotatable bonds is 8. The maximum atomic E-state index is 12.6. The molecule has 172 valence electrons. The molecule has 0 saturated heterocycles. The summed E-state index contributed by atoms with van der Waals surface area (Å²) in [5.41, 5.74) is 1.14. The summed E-state index contributed by atoms with van der Waals surface area (Å²) < 4.78 is 38.0. The molecule has 0 unspecified atom stereocenters. The van der Waals surface area contributed by atoms with Crippen LogP contribution in [-0.2, 0) is 21.2 Å². The Kier molecular flexibility index (Phi) is 6.68. The van der Waals surface area contributed by atoms with Gasteiger partial charge in [0, 0.05) is 37.1 Å². The number of aromatic nitrogens is 2. The van der Waals surface area contributed by atoms with Crippen molar-refractivity contribution in [3.05, 3.63) is 54.4 Å². The van der Waals surface area contributed by atoms with Crippen molar-refractivity contribution in [2.24, 2.45) is 4.99 Å². The summed E-state index contributed by atoms with van der Waals surface area (Å²) in [5, 5.41) is 6.65. The molecule has 0 aliphatic carbocycles. The van der Waals surface area contributed by atoms with Crippen LogP contribution in [0.1, 0.15) is 25.2 Å². The van der Waals surface area contributed by atoms with Crippen LogP contribution in [0.25, 0.3) is 11.4 Å². The lowest BCUT2D eigenvalue weighted by Gasteiger charge is -2.10. The number of aryl methyl sites for hydroxylation is 1. The Hall–Kier alpha value is -3.73. The van der Waals surface area contributed by atoms with Gasteiger partial charge in [0.25, 0.3) is 10.0 Å². The molecule has 0 radical (unpaired) electrons. The van der Waals surface area contributed by atoms with E-state index in [1.165, 1.54) is 12.1 Å². The highest BCUT2D eigenvalue weighted by Gasteiger charge is 2.19. The summed E-state index contributed by atoms with van der Waals surface area (Å²) >= 11 is 0. The monoisotopic (exact) mass is 469 g/mol. The number of anilines is 1. The van der Waals surface area contributed by atoms with Crippen LogP contribution in [0.15, 0.2) is 62.9 Å². The summed E-state index contributed by atoms with van der Waals surface area (Å²) in [7, 11) is -2.17. The molecule has 1 amide bonds. The number of hydrogen-bond acceptors (Lipinski definition) is 8. The number of methoxy groups -OCH3 is 1. The van der Waals surface area contributed by atoms with Crippen molar-refractivity contribution in [1.82, 2.24) is 14.9 Å². The maximum Gasteiger partial charge on any atom is 0.262 e. The molecular formula is C22H23N5O5S. The quantitative estimate of drug-likeness (QED) is 0.518. The second kappa shape index (κ2) is 9.82. The minimum atomic E-state index is -3.76. The molecule has 0 atom stereocenters. The van der Waals surface area contributed by atoms with Gasteiger partial charge in [-0.15, -0.1) is 0 Å². The first-order valence-corrected chi connectivity index (χ1v) is 11.8. The van der Waals surface area contributed by atoms with Crippen molar-refractivity contribution in [2.45, 2.75) is 30.6 Å². The third-order valence-corrected chi connectivity index (χ3v) is 6.32. The number of nitrogens with zero attached hydrogens (tertiary/aromatic N) is 3. The predicted molar refractivity (Wildman–Crippen MR) is 122 cm³/mol. The van der Waals surface area contributed by atoms with E-state index in [1.807, 2.05) is 12.1 Å². The predicted octanol–water partition coefficient (Wildman–Crippen LogP) is 2.79.